The highest BCUT2D eigenvalue weighted by Gasteiger charge is 2.25. The van der Waals surface area contributed by atoms with Gasteiger partial charge in [-0.15, -0.1) is 0 Å². The lowest BCUT2D eigenvalue weighted by Crippen LogP contribution is -2.38. The van der Waals surface area contributed by atoms with Crippen molar-refractivity contribution in [2.45, 2.75) is 39.4 Å². The molecule has 0 aromatic carbocycles. The van der Waals surface area contributed by atoms with Gasteiger partial charge in [-0.3, -0.25) is 9.58 Å². The zero-order chi connectivity index (χ0) is 15.4. The van der Waals surface area contributed by atoms with E-state index in [1.54, 1.807) is 6.26 Å². The van der Waals surface area contributed by atoms with Gasteiger partial charge in [-0.05, 0) is 31.6 Å². The molecule has 0 amide bonds. The molecule has 5 nitrogen and oxygen atoms in total. The molecule has 120 valence electrons. The fraction of sp³-hybridized carbons (Fsp3) is 0.588. The summed E-state index contributed by atoms with van der Waals surface area (Å²) < 4.78 is 7.43. The summed E-state index contributed by atoms with van der Waals surface area (Å²) >= 11 is 0. The number of hydrogen-bond donors (Lipinski definition) is 0. The van der Waals surface area contributed by atoms with Crippen LogP contribution in [0, 0.1) is 0 Å². The first-order valence-electron chi connectivity index (χ1n) is 8.28. The van der Waals surface area contributed by atoms with Crippen LogP contribution in [0.1, 0.15) is 37.6 Å². The molecule has 0 fully saturated rings. The lowest BCUT2D eigenvalue weighted by molar-refractivity contribution is 0.150. The number of hydrogen-bond acceptors (Lipinski definition) is 4. The maximum atomic E-state index is 5.19. The van der Waals surface area contributed by atoms with Crippen LogP contribution in [0.25, 0.3) is 0 Å². The van der Waals surface area contributed by atoms with Crippen molar-refractivity contribution < 1.29 is 4.42 Å². The lowest BCUT2D eigenvalue weighted by Gasteiger charge is -2.34. The van der Waals surface area contributed by atoms with Crippen LogP contribution < -0.4 is 0 Å². The summed E-state index contributed by atoms with van der Waals surface area (Å²) in [6, 6.07) is 4.66. The zero-order valence-electron chi connectivity index (χ0n) is 13.6. The molecule has 0 saturated heterocycles. The van der Waals surface area contributed by atoms with E-state index in [-0.39, 0.29) is 0 Å². The van der Waals surface area contributed by atoms with E-state index in [0.29, 0.717) is 6.04 Å². The molecule has 0 radical (unpaired) electrons. The molecule has 0 spiro atoms. The van der Waals surface area contributed by atoms with E-state index in [1.807, 2.05) is 12.5 Å². The third-order valence-electron chi connectivity index (χ3n) is 4.61. The Bertz CT molecular complexity index is 559. The van der Waals surface area contributed by atoms with Gasteiger partial charge in [-0.1, -0.05) is 13.8 Å². The largest absolute Gasteiger partial charge is 0.472 e. The standard InChI is InChI=1S/C17H26N4O/c1-3-19(4-2)9-6-17-13-20(11-15-7-10-22-14-15)12-16-5-8-18-21(16)17/h5,7-8,10,14,17H,3-4,6,9,11-13H2,1-2H3. The minimum atomic E-state index is 0.464. The Morgan fingerprint density at radius 3 is 2.91 bits per heavy atom. The minimum Gasteiger partial charge on any atom is -0.472 e. The molecule has 5 heteroatoms. The number of fused-ring (bicyclic) bond motifs is 1. The Morgan fingerprint density at radius 2 is 2.18 bits per heavy atom. The van der Waals surface area contributed by atoms with E-state index in [4.69, 9.17) is 4.42 Å². The summed E-state index contributed by atoms with van der Waals surface area (Å²) in [6.07, 6.45) is 6.68. The van der Waals surface area contributed by atoms with Crippen molar-refractivity contribution in [3.05, 3.63) is 42.1 Å². The highest BCUT2D eigenvalue weighted by atomic mass is 16.3. The minimum absolute atomic E-state index is 0.464. The summed E-state index contributed by atoms with van der Waals surface area (Å²) in [6.45, 7) is 10.8. The molecule has 2 aromatic heterocycles. The molecular weight excluding hydrogens is 276 g/mol. The van der Waals surface area contributed by atoms with E-state index >= 15 is 0 Å². The second-order valence-corrected chi connectivity index (χ2v) is 6.04. The number of furan rings is 1. The molecule has 1 unspecified atom stereocenters. The Kier molecular flexibility index (Phi) is 4.95. The van der Waals surface area contributed by atoms with Crippen LogP contribution in [0.3, 0.4) is 0 Å². The SMILES string of the molecule is CCN(CC)CCC1CN(Cc2ccoc2)Cc2ccnn21. The van der Waals surface area contributed by atoms with Gasteiger partial charge in [0.25, 0.3) is 0 Å². The Balaban J connectivity index is 1.66. The topological polar surface area (TPSA) is 37.4 Å². The van der Waals surface area contributed by atoms with Gasteiger partial charge >= 0.3 is 0 Å². The first-order chi connectivity index (χ1) is 10.8. The van der Waals surface area contributed by atoms with E-state index in [0.717, 1.165) is 45.7 Å². The van der Waals surface area contributed by atoms with E-state index < -0.39 is 0 Å². The van der Waals surface area contributed by atoms with Crippen molar-refractivity contribution in [3.8, 4) is 0 Å². The van der Waals surface area contributed by atoms with Crippen LogP contribution in [-0.4, -0.2) is 45.8 Å². The number of aromatic nitrogens is 2. The molecular formula is C17H26N4O. The molecule has 1 aliphatic heterocycles. The first kappa shape index (κ1) is 15.3. The average molecular weight is 302 g/mol. The Hall–Kier alpha value is -1.59. The van der Waals surface area contributed by atoms with Crippen LogP contribution in [-0.2, 0) is 13.1 Å². The monoisotopic (exact) mass is 302 g/mol. The van der Waals surface area contributed by atoms with Gasteiger partial charge in [0.15, 0.2) is 0 Å². The molecule has 0 aliphatic carbocycles. The van der Waals surface area contributed by atoms with Gasteiger partial charge in [0.2, 0.25) is 0 Å². The first-order valence-corrected chi connectivity index (χ1v) is 8.28. The van der Waals surface area contributed by atoms with Crippen LogP contribution in [0.5, 0.6) is 0 Å². The zero-order valence-corrected chi connectivity index (χ0v) is 13.6. The van der Waals surface area contributed by atoms with Crippen LogP contribution in [0.2, 0.25) is 0 Å². The fourth-order valence-corrected chi connectivity index (χ4v) is 3.31. The van der Waals surface area contributed by atoms with Gasteiger partial charge in [0.1, 0.15) is 0 Å². The normalized spacial score (nSPS) is 18.8. The van der Waals surface area contributed by atoms with Crippen molar-refractivity contribution in [1.29, 1.82) is 0 Å². The van der Waals surface area contributed by atoms with Crippen molar-refractivity contribution in [1.82, 2.24) is 19.6 Å². The number of rotatable bonds is 7. The van der Waals surface area contributed by atoms with Crippen molar-refractivity contribution in [2.75, 3.05) is 26.2 Å². The van der Waals surface area contributed by atoms with Crippen molar-refractivity contribution >= 4 is 0 Å². The average Bonchev–Trinajstić information content (AvgIpc) is 3.19. The molecule has 2 aromatic rings. The smallest absolute Gasteiger partial charge is 0.0947 e. The summed E-state index contributed by atoms with van der Waals surface area (Å²) in [5, 5.41) is 4.55. The predicted octanol–water partition coefficient (Wildman–Crippen LogP) is 2.76. The fourth-order valence-electron chi connectivity index (χ4n) is 3.31. The van der Waals surface area contributed by atoms with E-state index in [2.05, 4.69) is 45.6 Å². The van der Waals surface area contributed by atoms with Crippen LogP contribution in [0.15, 0.2) is 35.3 Å². The highest BCUT2D eigenvalue weighted by molar-refractivity contribution is 5.09. The second kappa shape index (κ2) is 7.11. The quantitative estimate of drug-likeness (QED) is 0.788. The predicted molar refractivity (Wildman–Crippen MR) is 86.5 cm³/mol. The van der Waals surface area contributed by atoms with Gasteiger partial charge < -0.3 is 9.32 Å². The summed E-state index contributed by atoms with van der Waals surface area (Å²) in [5.41, 5.74) is 2.56. The molecule has 1 aliphatic rings. The van der Waals surface area contributed by atoms with Crippen molar-refractivity contribution in [3.63, 3.8) is 0 Å². The summed E-state index contributed by atoms with van der Waals surface area (Å²) in [7, 11) is 0. The van der Waals surface area contributed by atoms with Gasteiger partial charge in [-0.2, -0.15) is 5.10 Å². The second-order valence-electron chi connectivity index (χ2n) is 6.04. The van der Waals surface area contributed by atoms with E-state index in [9.17, 15) is 0 Å². The van der Waals surface area contributed by atoms with Gasteiger partial charge in [-0.25, -0.2) is 0 Å². The molecule has 0 bridgehead atoms. The molecule has 1 atom stereocenters. The summed E-state index contributed by atoms with van der Waals surface area (Å²) in [5.74, 6) is 0. The highest BCUT2D eigenvalue weighted by Crippen LogP contribution is 2.24. The van der Waals surface area contributed by atoms with E-state index in [1.165, 1.54) is 11.3 Å². The molecule has 3 rings (SSSR count). The maximum Gasteiger partial charge on any atom is 0.0947 e. The van der Waals surface area contributed by atoms with Gasteiger partial charge in [0.05, 0.1) is 24.3 Å². The van der Waals surface area contributed by atoms with Crippen LogP contribution >= 0.6 is 0 Å². The van der Waals surface area contributed by atoms with Crippen LogP contribution in [0.4, 0.5) is 0 Å². The van der Waals surface area contributed by atoms with Gasteiger partial charge in [0, 0.05) is 37.9 Å². The molecule has 22 heavy (non-hydrogen) atoms. The summed E-state index contributed by atoms with van der Waals surface area (Å²) in [4.78, 5) is 4.98. The Labute approximate surface area is 132 Å². The van der Waals surface area contributed by atoms with Crippen molar-refractivity contribution in [2.24, 2.45) is 0 Å². The third kappa shape index (κ3) is 3.42. The molecule has 0 saturated carbocycles. The third-order valence-corrected chi connectivity index (χ3v) is 4.61. The Morgan fingerprint density at radius 1 is 1.32 bits per heavy atom. The lowest BCUT2D eigenvalue weighted by atomic mass is 10.1. The number of nitrogens with zero attached hydrogens (tertiary/aromatic N) is 4. The maximum absolute atomic E-state index is 5.19. The molecule has 0 N–H and O–H groups in total. The molecule has 3 heterocycles.